The van der Waals surface area contributed by atoms with Crippen molar-refractivity contribution in [2.45, 2.75) is 0 Å². The van der Waals surface area contributed by atoms with Crippen LogP contribution in [0.25, 0.3) is 0 Å². The van der Waals surface area contributed by atoms with Gasteiger partial charge in [-0.05, 0) is 24.3 Å². The second-order valence-electron chi connectivity index (χ2n) is 3.56. The fraction of sp³-hybridized carbons (Fsp3) is 0. The standard InChI is InChI=1S/C16H8N2/c17-11-15-7-3-1-5-13(15)9-10-14-6-2-4-8-16(14)12-18/h1-8H. The zero-order chi connectivity index (χ0) is 12.8. The molecule has 0 bridgehead atoms. The molecule has 18 heavy (non-hydrogen) atoms. The summed E-state index contributed by atoms with van der Waals surface area (Å²) in [6.07, 6.45) is 0. The van der Waals surface area contributed by atoms with Crippen molar-refractivity contribution in [1.82, 2.24) is 0 Å². The quantitative estimate of drug-likeness (QED) is 0.651. The van der Waals surface area contributed by atoms with Gasteiger partial charge in [0.15, 0.2) is 0 Å². The molecule has 0 aromatic heterocycles. The largest absolute Gasteiger partial charge is 0.192 e. The predicted molar refractivity (Wildman–Crippen MR) is 68.3 cm³/mol. The number of nitrogens with zero attached hydrogens (tertiary/aromatic N) is 2. The monoisotopic (exact) mass is 228 g/mol. The van der Waals surface area contributed by atoms with Crippen LogP contribution in [0.15, 0.2) is 48.5 Å². The summed E-state index contributed by atoms with van der Waals surface area (Å²) in [6, 6.07) is 18.5. The first-order valence-corrected chi connectivity index (χ1v) is 5.35. The maximum Gasteiger partial charge on any atom is 0.100 e. The lowest BCUT2D eigenvalue weighted by atomic mass is 10.1. The highest BCUT2D eigenvalue weighted by molar-refractivity contribution is 5.54. The van der Waals surface area contributed by atoms with E-state index in [0.29, 0.717) is 22.3 Å². The van der Waals surface area contributed by atoms with Crippen LogP contribution in [-0.4, -0.2) is 0 Å². The van der Waals surface area contributed by atoms with E-state index in [-0.39, 0.29) is 0 Å². The second kappa shape index (κ2) is 5.35. The van der Waals surface area contributed by atoms with Gasteiger partial charge >= 0.3 is 0 Å². The number of hydrogen-bond acceptors (Lipinski definition) is 2. The van der Waals surface area contributed by atoms with E-state index in [9.17, 15) is 0 Å². The van der Waals surface area contributed by atoms with Gasteiger partial charge in [-0.3, -0.25) is 0 Å². The second-order valence-corrected chi connectivity index (χ2v) is 3.56. The van der Waals surface area contributed by atoms with Crippen molar-refractivity contribution in [1.29, 1.82) is 10.5 Å². The molecular formula is C16H8N2. The van der Waals surface area contributed by atoms with Crippen LogP contribution in [0.2, 0.25) is 0 Å². The number of rotatable bonds is 0. The van der Waals surface area contributed by atoms with E-state index in [2.05, 4.69) is 24.0 Å². The van der Waals surface area contributed by atoms with Gasteiger partial charge in [0.05, 0.1) is 11.1 Å². The van der Waals surface area contributed by atoms with Gasteiger partial charge in [-0.15, -0.1) is 0 Å². The Morgan fingerprint density at radius 2 is 0.889 bits per heavy atom. The van der Waals surface area contributed by atoms with Crippen LogP contribution in [0.1, 0.15) is 22.3 Å². The van der Waals surface area contributed by atoms with Gasteiger partial charge in [0, 0.05) is 11.1 Å². The smallest absolute Gasteiger partial charge is 0.100 e. The highest BCUT2D eigenvalue weighted by Gasteiger charge is 1.98. The van der Waals surface area contributed by atoms with Crippen molar-refractivity contribution in [3.8, 4) is 24.0 Å². The molecule has 2 nitrogen and oxygen atoms in total. The predicted octanol–water partition coefficient (Wildman–Crippen LogP) is 2.83. The summed E-state index contributed by atoms with van der Waals surface area (Å²) >= 11 is 0. The third-order valence-corrected chi connectivity index (χ3v) is 2.43. The molecule has 0 spiro atoms. The molecule has 0 radical (unpaired) electrons. The van der Waals surface area contributed by atoms with Crippen LogP contribution in [0.4, 0.5) is 0 Å². The Balaban J connectivity index is 2.45. The highest BCUT2D eigenvalue weighted by atomic mass is 14.2. The van der Waals surface area contributed by atoms with Gasteiger partial charge in [-0.2, -0.15) is 10.5 Å². The fourth-order valence-electron chi connectivity index (χ4n) is 1.51. The molecule has 0 heterocycles. The van der Waals surface area contributed by atoms with Gasteiger partial charge in [0.2, 0.25) is 0 Å². The van der Waals surface area contributed by atoms with Crippen LogP contribution in [0.3, 0.4) is 0 Å². The summed E-state index contributed by atoms with van der Waals surface area (Å²) in [4.78, 5) is 0. The summed E-state index contributed by atoms with van der Waals surface area (Å²) in [6.45, 7) is 0. The van der Waals surface area contributed by atoms with Crippen molar-refractivity contribution >= 4 is 0 Å². The maximum absolute atomic E-state index is 8.95. The summed E-state index contributed by atoms with van der Waals surface area (Å²) < 4.78 is 0. The Labute approximate surface area is 106 Å². The molecule has 2 aromatic rings. The minimum absolute atomic E-state index is 0.541. The Bertz CT molecular complexity index is 657. The molecule has 0 aliphatic heterocycles. The van der Waals surface area contributed by atoms with Crippen molar-refractivity contribution in [3.05, 3.63) is 70.8 Å². The normalized spacial score (nSPS) is 8.56. The lowest BCUT2D eigenvalue weighted by Gasteiger charge is -1.94. The van der Waals surface area contributed by atoms with Gasteiger partial charge in [-0.25, -0.2) is 0 Å². The highest BCUT2D eigenvalue weighted by Crippen LogP contribution is 2.08. The molecule has 0 aliphatic rings. The molecular weight excluding hydrogens is 220 g/mol. The summed E-state index contributed by atoms with van der Waals surface area (Å²) in [7, 11) is 0. The maximum atomic E-state index is 8.95. The zero-order valence-electron chi connectivity index (χ0n) is 9.51. The minimum Gasteiger partial charge on any atom is -0.192 e. The molecule has 0 saturated carbocycles. The Morgan fingerprint density at radius 1 is 0.556 bits per heavy atom. The number of hydrogen-bond donors (Lipinski definition) is 0. The van der Waals surface area contributed by atoms with Gasteiger partial charge in [0.25, 0.3) is 0 Å². The van der Waals surface area contributed by atoms with E-state index in [4.69, 9.17) is 10.5 Å². The average molecular weight is 228 g/mol. The third-order valence-electron chi connectivity index (χ3n) is 2.43. The molecule has 0 unspecified atom stereocenters. The fourth-order valence-corrected chi connectivity index (χ4v) is 1.51. The molecule has 0 N–H and O–H groups in total. The molecule has 0 aliphatic carbocycles. The molecule has 0 saturated heterocycles. The average Bonchev–Trinajstić information content (AvgIpc) is 2.45. The summed E-state index contributed by atoms with van der Waals surface area (Å²) in [5, 5.41) is 17.9. The molecule has 2 rings (SSSR count). The van der Waals surface area contributed by atoms with Crippen molar-refractivity contribution in [3.63, 3.8) is 0 Å². The lowest BCUT2D eigenvalue weighted by molar-refractivity contribution is 1.46. The zero-order valence-corrected chi connectivity index (χ0v) is 9.51. The van der Waals surface area contributed by atoms with E-state index < -0.39 is 0 Å². The van der Waals surface area contributed by atoms with Crippen LogP contribution in [0, 0.1) is 34.5 Å². The van der Waals surface area contributed by atoms with E-state index >= 15 is 0 Å². The van der Waals surface area contributed by atoms with Crippen LogP contribution < -0.4 is 0 Å². The van der Waals surface area contributed by atoms with E-state index in [0.717, 1.165) is 0 Å². The number of nitriles is 2. The van der Waals surface area contributed by atoms with Crippen LogP contribution in [-0.2, 0) is 0 Å². The Morgan fingerprint density at radius 3 is 1.22 bits per heavy atom. The molecule has 2 heteroatoms. The first-order valence-electron chi connectivity index (χ1n) is 5.35. The first-order chi connectivity index (χ1) is 8.85. The third kappa shape index (κ3) is 2.38. The van der Waals surface area contributed by atoms with E-state index in [1.54, 1.807) is 36.4 Å². The van der Waals surface area contributed by atoms with Gasteiger partial charge in [0.1, 0.15) is 12.1 Å². The van der Waals surface area contributed by atoms with E-state index in [1.807, 2.05) is 12.1 Å². The number of benzene rings is 2. The molecule has 0 amide bonds. The van der Waals surface area contributed by atoms with Crippen molar-refractivity contribution in [2.75, 3.05) is 0 Å². The van der Waals surface area contributed by atoms with E-state index in [1.165, 1.54) is 0 Å². The summed E-state index contributed by atoms with van der Waals surface area (Å²) in [5.41, 5.74) is 2.43. The molecule has 0 atom stereocenters. The molecule has 82 valence electrons. The van der Waals surface area contributed by atoms with Gasteiger partial charge in [-0.1, -0.05) is 36.1 Å². The Hall–Kier alpha value is -3.02. The SMILES string of the molecule is N#Cc1ccccc1C#Cc1ccccc1C#N. The Kier molecular flexibility index (Phi) is 3.41. The lowest BCUT2D eigenvalue weighted by Crippen LogP contribution is -1.84. The van der Waals surface area contributed by atoms with Gasteiger partial charge < -0.3 is 0 Å². The topological polar surface area (TPSA) is 47.6 Å². The van der Waals surface area contributed by atoms with Crippen LogP contribution in [0.5, 0.6) is 0 Å². The molecule has 0 fully saturated rings. The minimum atomic E-state index is 0.541. The molecule has 2 aromatic carbocycles. The first kappa shape index (κ1) is 11.5. The van der Waals surface area contributed by atoms with Crippen molar-refractivity contribution < 1.29 is 0 Å². The van der Waals surface area contributed by atoms with Crippen LogP contribution >= 0.6 is 0 Å². The summed E-state index contributed by atoms with van der Waals surface area (Å²) in [5.74, 6) is 5.86. The van der Waals surface area contributed by atoms with Crippen molar-refractivity contribution in [2.24, 2.45) is 0 Å².